The van der Waals surface area contributed by atoms with Gasteiger partial charge in [-0.1, -0.05) is 24.3 Å². The molecule has 0 atom stereocenters. The van der Waals surface area contributed by atoms with Gasteiger partial charge in [-0.15, -0.1) is 0 Å². The van der Waals surface area contributed by atoms with Crippen LogP contribution < -0.4 is 4.74 Å². The summed E-state index contributed by atoms with van der Waals surface area (Å²) < 4.78 is 6.42. The predicted molar refractivity (Wildman–Crippen MR) is 96.7 cm³/mol. The van der Waals surface area contributed by atoms with Crippen molar-refractivity contribution in [1.29, 1.82) is 0 Å². The van der Waals surface area contributed by atoms with Gasteiger partial charge in [0.05, 0.1) is 22.4 Å². The SMILES string of the molecule is CC1(C)CCc2c(c3ccccc3c3nc4c(nc23)CCCC4)O1. The van der Waals surface area contributed by atoms with E-state index in [1.165, 1.54) is 40.6 Å². The number of benzene rings is 2. The quantitative estimate of drug-likeness (QED) is 0.560. The molecule has 122 valence electrons. The van der Waals surface area contributed by atoms with Gasteiger partial charge >= 0.3 is 0 Å². The molecule has 0 radical (unpaired) electrons. The Bertz CT molecular complexity index is 975. The molecule has 3 nitrogen and oxygen atoms in total. The molecule has 0 saturated heterocycles. The molecule has 5 rings (SSSR count). The summed E-state index contributed by atoms with van der Waals surface area (Å²) in [5, 5.41) is 2.35. The van der Waals surface area contributed by atoms with E-state index in [2.05, 4.69) is 38.1 Å². The van der Waals surface area contributed by atoms with Crippen molar-refractivity contribution >= 4 is 21.8 Å². The minimum atomic E-state index is -0.120. The van der Waals surface area contributed by atoms with Gasteiger partial charge in [-0.3, -0.25) is 0 Å². The zero-order chi connectivity index (χ0) is 16.3. The smallest absolute Gasteiger partial charge is 0.133 e. The lowest BCUT2D eigenvalue weighted by molar-refractivity contribution is 0.0873. The van der Waals surface area contributed by atoms with Crippen molar-refractivity contribution < 1.29 is 4.74 Å². The molecule has 1 aromatic heterocycles. The van der Waals surface area contributed by atoms with E-state index in [0.717, 1.165) is 42.5 Å². The minimum absolute atomic E-state index is 0.120. The van der Waals surface area contributed by atoms with E-state index in [1.54, 1.807) is 0 Å². The van der Waals surface area contributed by atoms with Crippen LogP contribution in [0.2, 0.25) is 0 Å². The van der Waals surface area contributed by atoms with Crippen LogP contribution in [0.5, 0.6) is 5.75 Å². The molecule has 1 aliphatic heterocycles. The van der Waals surface area contributed by atoms with Crippen molar-refractivity contribution in [2.24, 2.45) is 0 Å². The standard InChI is InChI=1S/C21H22N2O/c1-21(2)12-11-15-19-18(22-16-9-5-6-10-17(16)23-19)13-7-3-4-8-14(13)20(15)24-21/h3-4,7-8H,5-6,9-12H2,1-2H3. The number of rotatable bonds is 0. The Kier molecular flexibility index (Phi) is 2.91. The number of hydrogen-bond donors (Lipinski definition) is 0. The highest BCUT2D eigenvalue weighted by Crippen LogP contribution is 2.43. The Morgan fingerprint density at radius 3 is 2.29 bits per heavy atom. The van der Waals surface area contributed by atoms with E-state index in [-0.39, 0.29) is 5.60 Å². The van der Waals surface area contributed by atoms with E-state index in [9.17, 15) is 0 Å². The van der Waals surface area contributed by atoms with Gasteiger partial charge in [-0.25, -0.2) is 9.97 Å². The highest BCUT2D eigenvalue weighted by molar-refractivity contribution is 6.09. The molecule has 24 heavy (non-hydrogen) atoms. The van der Waals surface area contributed by atoms with Gasteiger partial charge in [-0.2, -0.15) is 0 Å². The number of hydrogen-bond acceptors (Lipinski definition) is 3. The van der Waals surface area contributed by atoms with Crippen LogP contribution in [0.25, 0.3) is 21.8 Å². The first kappa shape index (κ1) is 14.2. The second kappa shape index (κ2) is 4.92. The van der Waals surface area contributed by atoms with Gasteiger partial charge in [0.25, 0.3) is 0 Å². The Balaban J connectivity index is 1.91. The van der Waals surface area contributed by atoms with Crippen molar-refractivity contribution in [3.05, 3.63) is 41.2 Å². The van der Waals surface area contributed by atoms with Crippen LogP contribution in [-0.4, -0.2) is 15.6 Å². The highest BCUT2D eigenvalue weighted by Gasteiger charge is 2.31. The molecule has 0 bridgehead atoms. The number of nitrogens with zero attached hydrogens (tertiary/aromatic N) is 2. The highest BCUT2D eigenvalue weighted by atomic mass is 16.5. The lowest BCUT2D eigenvalue weighted by atomic mass is 9.90. The summed E-state index contributed by atoms with van der Waals surface area (Å²) in [5.41, 5.74) is 5.68. The number of fused-ring (bicyclic) bond motifs is 7. The average molecular weight is 318 g/mol. The lowest BCUT2D eigenvalue weighted by Gasteiger charge is -2.34. The zero-order valence-electron chi connectivity index (χ0n) is 14.4. The maximum atomic E-state index is 6.42. The second-order valence-electron chi connectivity index (χ2n) is 7.74. The molecular weight excluding hydrogens is 296 g/mol. The third-order valence-corrected chi connectivity index (χ3v) is 5.47. The maximum Gasteiger partial charge on any atom is 0.133 e. The molecule has 2 aliphatic rings. The molecule has 3 heteroatoms. The van der Waals surface area contributed by atoms with Gasteiger partial charge in [0.2, 0.25) is 0 Å². The van der Waals surface area contributed by atoms with Crippen molar-refractivity contribution in [3.8, 4) is 5.75 Å². The first-order chi connectivity index (χ1) is 11.6. The van der Waals surface area contributed by atoms with E-state index in [0.29, 0.717) is 0 Å². The normalized spacial score (nSPS) is 18.9. The topological polar surface area (TPSA) is 35.0 Å². The van der Waals surface area contributed by atoms with Crippen molar-refractivity contribution in [3.63, 3.8) is 0 Å². The van der Waals surface area contributed by atoms with E-state index in [1.807, 2.05) is 0 Å². The van der Waals surface area contributed by atoms with Gasteiger partial charge < -0.3 is 4.74 Å². The van der Waals surface area contributed by atoms with E-state index in [4.69, 9.17) is 14.7 Å². The third-order valence-electron chi connectivity index (χ3n) is 5.47. The molecule has 0 fully saturated rings. The summed E-state index contributed by atoms with van der Waals surface area (Å²) in [6.07, 6.45) is 6.61. The van der Waals surface area contributed by atoms with Crippen LogP contribution >= 0.6 is 0 Å². The monoisotopic (exact) mass is 318 g/mol. The Hall–Kier alpha value is -2.16. The predicted octanol–water partition coefficient (Wildman–Crippen LogP) is 4.77. The molecule has 0 saturated carbocycles. The third kappa shape index (κ3) is 2.03. The maximum absolute atomic E-state index is 6.42. The molecule has 0 spiro atoms. The van der Waals surface area contributed by atoms with Gasteiger partial charge in [0, 0.05) is 16.3 Å². The van der Waals surface area contributed by atoms with Crippen molar-refractivity contribution in [2.45, 2.75) is 58.0 Å². The number of aromatic nitrogens is 2. The van der Waals surface area contributed by atoms with Crippen LogP contribution in [0.1, 0.15) is 50.1 Å². The Labute approximate surface area is 142 Å². The molecular formula is C21H22N2O. The summed E-state index contributed by atoms with van der Waals surface area (Å²) in [6.45, 7) is 4.35. The fourth-order valence-corrected chi connectivity index (χ4v) is 4.15. The Morgan fingerprint density at radius 2 is 1.54 bits per heavy atom. The van der Waals surface area contributed by atoms with Gasteiger partial charge in [0.1, 0.15) is 11.4 Å². The van der Waals surface area contributed by atoms with Crippen LogP contribution in [-0.2, 0) is 19.3 Å². The fourth-order valence-electron chi connectivity index (χ4n) is 4.15. The average Bonchev–Trinajstić information content (AvgIpc) is 2.60. The number of ether oxygens (including phenoxy) is 1. The Morgan fingerprint density at radius 1 is 0.875 bits per heavy atom. The molecule has 1 aliphatic carbocycles. The van der Waals surface area contributed by atoms with Crippen LogP contribution in [0, 0.1) is 0 Å². The fraction of sp³-hybridized carbons (Fsp3) is 0.429. The largest absolute Gasteiger partial charge is 0.487 e. The summed E-state index contributed by atoms with van der Waals surface area (Å²) in [7, 11) is 0. The van der Waals surface area contributed by atoms with Gasteiger partial charge in [-0.05, 0) is 52.4 Å². The van der Waals surface area contributed by atoms with Crippen LogP contribution in [0.15, 0.2) is 24.3 Å². The summed E-state index contributed by atoms with van der Waals surface area (Å²) in [6, 6.07) is 8.50. The van der Waals surface area contributed by atoms with Crippen LogP contribution in [0.4, 0.5) is 0 Å². The number of aryl methyl sites for hydroxylation is 3. The first-order valence-corrected chi connectivity index (χ1v) is 9.04. The second-order valence-corrected chi connectivity index (χ2v) is 7.74. The molecule has 0 unspecified atom stereocenters. The summed E-state index contributed by atoms with van der Waals surface area (Å²) >= 11 is 0. The first-order valence-electron chi connectivity index (χ1n) is 9.04. The molecule has 2 heterocycles. The zero-order valence-corrected chi connectivity index (χ0v) is 14.4. The van der Waals surface area contributed by atoms with E-state index < -0.39 is 0 Å². The summed E-state index contributed by atoms with van der Waals surface area (Å²) in [5.74, 6) is 1.03. The molecule has 0 N–H and O–H groups in total. The van der Waals surface area contributed by atoms with Crippen LogP contribution in [0.3, 0.4) is 0 Å². The molecule has 2 aromatic carbocycles. The van der Waals surface area contributed by atoms with Crippen molar-refractivity contribution in [1.82, 2.24) is 9.97 Å². The summed E-state index contributed by atoms with van der Waals surface area (Å²) in [4.78, 5) is 10.2. The lowest BCUT2D eigenvalue weighted by Crippen LogP contribution is -2.33. The van der Waals surface area contributed by atoms with Crippen molar-refractivity contribution in [2.75, 3.05) is 0 Å². The molecule has 0 amide bonds. The van der Waals surface area contributed by atoms with Gasteiger partial charge in [0.15, 0.2) is 0 Å². The molecule has 3 aromatic rings. The minimum Gasteiger partial charge on any atom is -0.487 e. The van der Waals surface area contributed by atoms with E-state index >= 15 is 0 Å².